The molecule has 0 fully saturated rings. The van der Waals surface area contributed by atoms with E-state index in [9.17, 15) is 13.2 Å². The average Bonchev–Trinajstić information content (AvgIpc) is 2.61. The topological polar surface area (TPSA) is 132 Å². The summed E-state index contributed by atoms with van der Waals surface area (Å²) in [5.41, 5.74) is 0.587. The summed E-state index contributed by atoms with van der Waals surface area (Å²) in [6.07, 6.45) is 1.85. The number of hydrogen-bond donors (Lipinski definition) is 2. The lowest BCUT2D eigenvalue weighted by atomic mass is 10.2. The van der Waals surface area contributed by atoms with E-state index in [0.29, 0.717) is 11.3 Å². The predicted molar refractivity (Wildman–Crippen MR) is 95.9 cm³/mol. The normalized spacial score (nSPS) is 10.9. The Kier molecular flexibility index (Phi) is 6.58. The van der Waals surface area contributed by atoms with Crippen molar-refractivity contribution in [3.8, 4) is 12.0 Å². The van der Waals surface area contributed by atoms with Crippen LogP contribution < -0.4 is 19.5 Å². The van der Waals surface area contributed by atoms with E-state index in [1.165, 1.54) is 32.0 Å². The largest absolute Gasteiger partial charge is 0.467 e. The van der Waals surface area contributed by atoms with Crippen LogP contribution in [-0.2, 0) is 15.8 Å². The number of aromatic nitrogens is 3. The minimum atomic E-state index is -4.07. The van der Waals surface area contributed by atoms with Gasteiger partial charge in [-0.15, -0.1) is 4.98 Å². The van der Waals surface area contributed by atoms with Crippen LogP contribution in [0.1, 0.15) is 5.56 Å². The van der Waals surface area contributed by atoms with Crippen LogP contribution in [0.25, 0.3) is 0 Å². The van der Waals surface area contributed by atoms with E-state index < -0.39 is 16.1 Å². The van der Waals surface area contributed by atoms with Crippen molar-refractivity contribution in [2.75, 3.05) is 25.8 Å². The Balaban J connectivity index is 2.19. The van der Waals surface area contributed by atoms with Crippen LogP contribution in [0.15, 0.2) is 29.2 Å². The van der Waals surface area contributed by atoms with Crippen molar-refractivity contribution >= 4 is 33.8 Å². The summed E-state index contributed by atoms with van der Waals surface area (Å²) in [4.78, 5) is 23.5. The molecule has 0 spiro atoms. The molecule has 10 nitrogen and oxygen atoms in total. The van der Waals surface area contributed by atoms with Gasteiger partial charge >= 0.3 is 18.1 Å². The number of sulfonamides is 1. The molecular weight excluding hydrogens is 382 g/mol. The number of nitrogens with zero attached hydrogens (tertiary/aromatic N) is 3. The van der Waals surface area contributed by atoms with Gasteiger partial charge in [-0.3, -0.25) is 5.32 Å². The zero-order valence-corrected chi connectivity index (χ0v) is 15.8. The molecule has 0 saturated carbocycles. The fourth-order valence-corrected chi connectivity index (χ4v) is 3.72. The highest BCUT2D eigenvalue weighted by Crippen LogP contribution is 2.19. The number of amides is 2. The Bertz CT molecular complexity index is 869. The van der Waals surface area contributed by atoms with E-state index in [-0.39, 0.29) is 22.9 Å². The number of carbonyl (C=O) groups is 1. The molecule has 1 heterocycles. The van der Waals surface area contributed by atoms with Crippen molar-refractivity contribution in [2.24, 2.45) is 0 Å². The van der Waals surface area contributed by atoms with Gasteiger partial charge in [-0.2, -0.15) is 21.7 Å². The number of methoxy groups -OCH3 is 2. The SMILES string of the molecule is COc1nc(NC(=O)NS(=O)(=O)c2ccccc2CSC)nc(OC)n1. The Hall–Kier alpha value is -2.60. The summed E-state index contributed by atoms with van der Waals surface area (Å²) in [6, 6.07) is 5.20. The molecule has 0 bridgehead atoms. The van der Waals surface area contributed by atoms with E-state index >= 15 is 0 Å². The number of carbonyl (C=O) groups excluding carboxylic acids is 1. The third-order valence-electron chi connectivity index (χ3n) is 2.97. The van der Waals surface area contributed by atoms with Crippen molar-refractivity contribution in [1.82, 2.24) is 19.7 Å². The average molecular weight is 399 g/mol. The number of rotatable bonds is 7. The zero-order chi connectivity index (χ0) is 19.2. The predicted octanol–water partition coefficient (Wildman–Crippen LogP) is 1.26. The maximum atomic E-state index is 12.5. The Morgan fingerprint density at radius 2 is 1.73 bits per heavy atom. The summed E-state index contributed by atoms with van der Waals surface area (Å²) in [7, 11) is -1.42. The molecule has 0 radical (unpaired) electrons. The minimum Gasteiger partial charge on any atom is -0.467 e. The van der Waals surface area contributed by atoms with Crippen LogP contribution in [-0.4, -0.2) is 49.9 Å². The molecule has 1 aromatic carbocycles. The number of nitrogens with one attached hydrogen (secondary N) is 2. The highest BCUT2D eigenvalue weighted by atomic mass is 32.2. The van der Waals surface area contributed by atoms with Gasteiger partial charge in [0.2, 0.25) is 5.95 Å². The van der Waals surface area contributed by atoms with E-state index in [0.717, 1.165) is 0 Å². The third-order valence-corrected chi connectivity index (χ3v) is 5.00. The summed E-state index contributed by atoms with van der Waals surface area (Å²) in [5.74, 6) is 0.263. The van der Waals surface area contributed by atoms with E-state index in [1.807, 2.05) is 11.0 Å². The lowest BCUT2D eigenvalue weighted by Crippen LogP contribution is -2.35. The molecule has 0 atom stereocenters. The third kappa shape index (κ3) is 4.95. The molecule has 0 aliphatic carbocycles. The van der Waals surface area contributed by atoms with Crippen LogP contribution in [0.2, 0.25) is 0 Å². The second-order valence-electron chi connectivity index (χ2n) is 4.73. The summed E-state index contributed by atoms with van der Waals surface area (Å²) in [5, 5.41) is 2.21. The molecule has 140 valence electrons. The fraction of sp³-hybridized carbons (Fsp3) is 0.286. The lowest BCUT2D eigenvalue weighted by Gasteiger charge is -2.11. The molecule has 12 heteroatoms. The quantitative estimate of drug-likeness (QED) is 0.706. The van der Waals surface area contributed by atoms with Gasteiger partial charge in [0.25, 0.3) is 10.0 Å². The first-order valence-electron chi connectivity index (χ1n) is 7.14. The van der Waals surface area contributed by atoms with Crippen LogP contribution in [0, 0.1) is 0 Å². The summed E-state index contributed by atoms with van der Waals surface area (Å²) < 4.78 is 36.6. The molecule has 0 aliphatic rings. The fourth-order valence-electron chi connectivity index (χ4n) is 1.92. The van der Waals surface area contributed by atoms with Crippen molar-refractivity contribution in [3.05, 3.63) is 29.8 Å². The van der Waals surface area contributed by atoms with Gasteiger partial charge in [-0.25, -0.2) is 17.9 Å². The second kappa shape index (κ2) is 8.67. The van der Waals surface area contributed by atoms with Gasteiger partial charge < -0.3 is 9.47 Å². The van der Waals surface area contributed by atoms with Crippen molar-refractivity contribution in [3.63, 3.8) is 0 Å². The number of anilines is 1. The van der Waals surface area contributed by atoms with E-state index in [1.54, 1.807) is 18.2 Å². The summed E-state index contributed by atoms with van der Waals surface area (Å²) in [6.45, 7) is 0. The highest BCUT2D eigenvalue weighted by Gasteiger charge is 2.21. The number of benzene rings is 1. The Morgan fingerprint density at radius 1 is 1.12 bits per heavy atom. The monoisotopic (exact) mass is 399 g/mol. The number of hydrogen-bond acceptors (Lipinski definition) is 9. The Morgan fingerprint density at radius 3 is 2.31 bits per heavy atom. The maximum absolute atomic E-state index is 12.5. The lowest BCUT2D eigenvalue weighted by molar-refractivity contribution is 0.256. The molecule has 0 saturated heterocycles. The first-order chi connectivity index (χ1) is 12.4. The maximum Gasteiger partial charge on any atom is 0.335 e. The van der Waals surface area contributed by atoms with Crippen molar-refractivity contribution in [1.29, 1.82) is 0 Å². The van der Waals surface area contributed by atoms with Crippen LogP contribution >= 0.6 is 11.8 Å². The second-order valence-corrected chi connectivity index (χ2v) is 7.25. The van der Waals surface area contributed by atoms with Crippen molar-refractivity contribution < 1.29 is 22.7 Å². The molecule has 1 aromatic heterocycles. The van der Waals surface area contributed by atoms with Gasteiger partial charge in [0.15, 0.2) is 0 Å². The number of ether oxygens (including phenoxy) is 2. The summed E-state index contributed by atoms with van der Waals surface area (Å²) >= 11 is 1.47. The Labute approximate surface area is 154 Å². The first kappa shape index (κ1) is 19.7. The molecule has 0 aliphatic heterocycles. The zero-order valence-electron chi connectivity index (χ0n) is 14.2. The van der Waals surface area contributed by atoms with Gasteiger partial charge in [0, 0.05) is 5.75 Å². The molecule has 26 heavy (non-hydrogen) atoms. The smallest absolute Gasteiger partial charge is 0.335 e. The highest BCUT2D eigenvalue weighted by molar-refractivity contribution is 7.97. The van der Waals surface area contributed by atoms with Crippen LogP contribution in [0.3, 0.4) is 0 Å². The molecule has 2 rings (SSSR count). The first-order valence-corrected chi connectivity index (χ1v) is 10.0. The molecule has 2 N–H and O–H groups in total. The van der Waals surface area contributed by atoms with Gasteiger partial charge in [0.05, 0.1) is 19.1 Å². The molecule has 2 aromatic rings. The van der Waals surface area contributed by atoms with Crippen LogP contribution in [0.4, 0.5) is 10.7 Å². The minimum absolute atomic E-state index is 0.0234. The standard InChI is InChI=1S/C14H17N5O5S2/c1-23-13-16-11(17-14(18-13)24-2)15-12(20)19-26(21,22)10-7-5-4-6-9(10)8-25-3/h4-7H,8H2,1-3H3,(H2,15,16,17,18,19,20). The van der Waals surface area contributed by atoms with E-state index in [4.69, 9.17) is 9.47 Å². The van der Waals surface area contributed by atoms with Gasteiger partial charge in [-0.1, -0.05) is 18.2 Å². The van der Waals surface area contributed by atoms with Crippen LogP contribution in [0.5, 0.6) is 12.0 Å². The molecule has 2 amide bonds. The van der Waals surface area contributed by atoms with Gasteiger partial charge in [-0.05, 0) is 17.9 Å². The molecular formula is C14H17N5O5S2. The van der Waals surface area contributed by atoms with Gasteiger partial charge in [0.1, 0.15) is 0 Å². The van der Waals surface area contributed by atoms with E-state index in [2.05, 4.69) is 20.3 Å². The molecule has 0 unspecified atom stereocenters. The number of urea groups is 1. The number of thioether (sulfide) groups is 1. The van der Waals surface area contributed by atoms with Crippen molar-refractivity contribution in [2.45, 2.75) is 10.6 Å².